The quantitative estimate of drug-likeness (QED) is 0.878. The van der Waals surface area contributed by atoms with Crippen molar-refractivity contribution in [3.8, 4) is 0 Å². The fourth-order valence-electron chi connectivity index (χ4n) is 3.35. The van der Waals surface area contributed by atoms with E-state index in [1.807, 2.05) is 0 Å². The molecule has 0 bridgehead atoms. The molecule has 2 heteroatoms. The fraction of sp³-hybridized carbons (Fsp3) is 0.625. The highest BCUT2D eigenvalue weighted by Crippen LogP contribution is 2.23. The lowest BCUT2D eigenvalue weighted by Gasteiger charge is -2.25. The van der Waals surface area contributed by atoms with Gasteiger partial charge in [0, 0.05) is 12.6 Å². The number of hydrogen-bond donors (Lipinski definition) is 1. The zero-order valence-corrected chi connectivity index (χ0v) is 11.4. The van der Waals surface area contributed by atoms with Gasteiger partial charge in [0.1, 0.15) is 0 Å². The van der Waals surface area contributed by atoms with E-state index in [2.05, 4.69) is 35.5 Å². The second kappa shape index (κ2) is 5.41. The molecule has 0 saturated carbocycles. The minimum Gasteiger partial charge on any atom is -0.317 e. The first-order valence-corrected chi connectivity index (χ1v) is 7.35. The molecule has 3 rings (SSSR count). The summed E-state index contributed by atoms with van der Waals surface area (Å²) < 4.78 is 0. The van der Waals surface area contributed by atoms with Gasteiger partial charge in [-0.3, -0.25) is 4.90 Å². The third-order valence-electron chi connectivity index (χ3n) is 4.51. The number of hydrogen-bond acceptors (Lipinski definition) is 2. The molecule has 0 aromatic heterocycles. The Bertz CT molecular complexity index is 408. The van der Waals surface area contributed by atoms with Crippen molar-refractivity contribution < 1.29 is 0 Å². The van der Waals surface area contributed by atoms with Crippen LogP contribution < -0.4 is 5.32 Å². The van der Waals surface area contributed by atoms with E-state index < -0.39 is 0 Å². The molecule has 2 nitrogen and oxygen atoms in total. The molecule has 1 aliphatic carbocycles. The third-order valence-corrected chi connectivity index (χ3v) is 4.51. The van der Waals surface area contributed by atoms with Crippen LogP contribution in [0.1, 0.15) is 36.0 Å². The van der Waals surface area contributed by atoms with E-state index in [1.54, 1.807) is 11.1 Å². The molecule has 1 atom stereocenters. The molecule has 0 unspecified atom stereocenters. The van der Waals surface area contributed by atoms with Crippen LogP contribution in [-0.4, -0.2) is 31.1 Å². The van der Waals surface area contributed by atoms with Gasteiger partial charge in [-0.05, 0) is 68.9 Å². The zero-order valence-electron chi connectivity index (χ0n) is 11.4. The molecule has 1 heterocycles. The molecule has 1 fully saturated rings. The van der Waals surface area contributed by atoms with Crippen molar-refractivity contribution in [1.82, 2.24) is 10.2 Å². The fourth-order valence-corrected chi connectivity index (χ4v) is 3.35. The Labute approximate surface area is 110 Å². The van der Waals surface area contributed by atoms with Gasteiger partial charge in [-0.25, -0.2) is 0 Å². The highest BCUT2D eigenvalue weighted by atomic mass is 15.1. The lowest BCUT2D eigenvalue weighted by Crippen LogP contribution is -2.31. The van der Waals surface area contributed by atoms with Crippen molar-refractivity contribution in [1.29, 1.82) is 0 Å². The molecule has 18 heavy (non-hydrogen) atoms. The smallest absolute Gasteiger partial charge is 0.0233 e. The second-order valence-corrected chi connectivity index (χ2v) is 5.81. The molecule has 1 aliphatic heterocycles. The maximum absolute atomic E-state index is 3.41. The Morgan fingerprint density at radius 2 is 2.06 bits per heavy atom. The summed E-state index contributed by atoms with van der Waals surface area (Å²) in [6.45, 7) is 3.74. The molecule has 1 aromatic rings. The van der Waals surface area contributed by atoms with Crippen molar-refractivity contribution in [3.05, 3.63) is 34.9 Å². The summed E-state index contributed by atoms with van der Waals surface area (Å²) in [5, 5.41) is 3.41. The van der Waals surface area contributed by atoms with Gasteiger partial charge in [0.15, 0.2) is 0 Å². The van der Waals surface area contributed by atoms with Crippen LogP contribution in [0.2, 0.25) is 0 Å². The van der Waals surface area contributed by atoms with Gasteiger partial charge in [-0.15, -0.1) is 0 Å². The second-order valence-electron chi connectivity index (χ2n) is 5.81. The highest BCUT2D eigenvalue weighted by Gasteiger charge is 2.18. The van der Waals surface area contributed by atoms with E-state index in [9.17, 15) is 0 Å². The molecular weight excluding hydrogens is 220 g/mol. The summed E-state index contributed by atoms with van der Waals surface area (Å²) in [6.07, 6.45) is 6.50. The maximum Gasteiger partial charge on any atom is 0.0233 e. The third kappa shape index (κ3) is 2.60. The lowest BCUT2D eigenvalue weighted by atomic mass is 9.87. The zero-order chi connectivity index (χ0) is 12.4. The summed E-state index contributed by atoms with van der Waals surface area (Å²) in [6, 6.07) is 7.85. The molecule has 1 N–H and O–H groups in total. The largest absolute Gasteiger partial charge is 0.317 e. The summed E-state index contributed by atoms with van der Waals surface area (Å²) in [4.78, 5) is 2.58. The van der Waals surface area contributed by atoms with Crippen LogP contribution in [0.25, 0.3) is 0 Å². The van der Waals surface area contributed by atoms with Gasteiger partial charge < -0.3 is 5.32 Å². The molecule has 2 aliphatic rings. The first-order valence-electron chi connectivity index (χ1n) is 7.35. The molecule has 1 aromatic carbocycles. The molecule has 0 radical (unpaired) electrons. The number of nitrogens with one attached hydrogen (secondary N) is 1. The summed E-state index contributed by atoms with van der Waals surface area (Å²) >= 11 is 0. The van der Waals surface area contributed by atoms with Gasteiger partial charge in [0.05, 0.1) is 0 Å². The first-order chi connectivity index (χ1) is 8.85. The average Bonchev–Trinajstić information content (AvgIpc) is 2.91. The van der Waals surface area contributed by atoms with Gasteiger partial charge in [-0.1, -0.05) is 18.2 Å². The summed E-state index contributed by atoms with van der Waals surface area (Å²) in [5.74, 6) is 0. The predicted octanol–water partition coefficient (Wildman–Crippen LogP) is 2.36. The van der Waals surface area contributed by atoms with E-state index >= 15 is 0 Å². The topological polar surface area (TPSA) is 15.3 Å². The molecule has 1 saturated heterocycles. The van der Waals surface area contributed by atoms with Crippen LogP contribution in [-0.2, 0) is 19.4 Å². The van der Waals surface area contributed by atoms with Gasteiger partial charge >= 0.3 is 0 Å². The number of likely N-dealkylation sites (N-methyl/N-ethyl adjacent to an activating group) is 1. The van der Waals surface area contributed by atoms with Gasteiger partial charge in [-0.2, -0.15) is 0 Å². The average molecular weight is 244 g/mol. The van der Waals surface area contributed by atoms with E-state index in [0.717, 1.165) is 6.54 Å². The van der Waals surface area contributed by atoms with Crippen molar-refractivity contribution in [2.45, 2.75) is 44.7 Å². The first kappa shape index (κ1) is 12.2. The monoisotopic (exact) mass is 244 g/mol. The number of fused-ring (bicyclic) bond motifs is 1. The molecule has 98 valence electrons. The Morgan fingerprint density at radius 1 is 1.22 bits per heavy atom. The SMILES string of the molecule is CN[C@H]1CCc2cc(CN3CCCC3)ccc2C1. The lowest BCUT2D eigenvalue weighted by molar-refractivity contribution is 0.331. The minimum absolute atomic E-state index is 0.682. The Balaban J connectivity index is 1.71. The summed E-state index contributed by atoms with van der Waals surface area (Å²) in [5.41, 5.74) is 4.67. The van der Waals surface area contributed by atoms with Crippen molar-refractivity contribution >= 4 is 0 Å². The van der Waals surface area contributed by atoms with E-state index in [0.29, 0.717) is 6.04 Å². The number of rotatable bonds is 3. The van der Waals surface area contributed by atoms with Crippen LogP contribution >= 0.6 is 0 Å². The van der Waals surface area contributed by atoms with Gasteiger partial charge in [0.2, 0.25) is 0 Å². The molecule has 0 amide bonds. The number of aryl methyl sites for hydroxylation is 1. The van der Waals surface area contributed by atoms with Gasteiger partial charge in [0.25, 0.3) is 0 Å². The Kier molecular flexibility index (Phi) is 3.67. The normalized spacial score (nSPS) is 24.2. The Hall–Kier alpha value is -0.860. The van der Waals surface area contributed by atoms with Crippen molar-refractivity contribution in [2.75, 3.05) is 20.1 Å². The Morgan fingerprint density at radius 3 is 2.83 bits per heavy atom. The predicted molar refractivity (Wildman–Crippen MR) is 75.8 cm³/mol. The van der Waals surface area contributed by atoms with E-state index in [-0.39, 0.29) is 0 Å². The van der Waals surface area contributed by atoms with Crippen molar-refractivity contribution in [2.24, 2.45) is 0 Å². The maximum atomic E-state index is 3.41. The summed E-state index contributed by atoms with van der Waals surface area (Å²) in [7, 11) is 2.08. The molecular formula is C16H24N2. The van der Waals surface area contributed by atoms with Crippen LogP contribution in [0.3, 0.4) is 0 Å². The van der Waals surface area contributed by atoms with Crippen LogP contribution in [0.15, 0.2) is 18.2 Å². The molecule has 0 spiro atoms. The van der Waals surface area contributed by atoms with Crippen LogP contribution in [0.4, 0.5) is 0 Å². The highest BCUT2D eigenvalue weighted by molar-refractivity contribution is 5.34. The van der Waals surface area contributed by atoms with Crippen LogP contribution in [0.5, 0.6) is 0 Å². The number of likely N-dealkylation sites (tertiary alicyclic amines) is 1. The van der Waals surface area contributed by atoms with Crippen molar-refractivity contribution in [3.63, 3.8) is 0 Å². The number of nitrogens with zero attached hydrogens (tertiary/aromatic N) is 1. The van der Waals surface area contributed by atoms with Crippen LogP contribution in [0, 0.1) is 0 Å². The van der Waals surface area contributed by atoms with E-state index in [4.69, 9.17) is 0 Å². The standard InChI is InChI=1S/C16H24N2/c1-17-16-7-6-14-10-13(4-5-15(14)11-16)12-18-8-2-3-9-18/h4-5,10,16-17H,2-3,6-9,11-12H2,1H3/t16-/m0/s1. The number of benzene rings is 1. The van der Waals surface area contributed by atoms with E-state index in [1.165, 1.54) is 50.8 Å². The minimum atomic E-state index is 0.682.